The standard InChI is InChI=1S/C10H14FN3O2/c1-6-9(7(2)16-13-6)3-12-10(15)14-4-8(11)5-14/h8H,3-5H2,1-2H3,(H,12,15). The Balaban J connectivity index is 1.86. The number of hydrogen-bond acceptors (Lipinski definition) is 3. The summed E-state index contributed by atoms with van der Waals surface area (Å²) in [5, 5.41) is 6.49. The van der Waals surface area contributed by atoms with Gasteiger partial charge in [-0.1, -0.05) is 5.16 Å². The van der Waals surface area contributed by atoms with E-state index in [-0.39, 0.29) is 19.1 Å². The van der Waals surface area contributed by atoms with E-state index in [1.165, 1.54) is 4.90 Å². The number of likely N-dealkylation sites (tertiary alicyclic amines) is 1. The summed E-state index contributed by atoms with van der Waals surface area (Å²) in [7, 11) is 0. The molecule has 0 saturated carbocycles. The predicted molar refractivity (Wildman–Crippen MR) is 54.7 cm³/mol. The fourth-order valence-electron chi connectivity index (χ4n) is 1.62. The van der Waals surface area contributed by atoms with E-state index in [1.807, 2.05) is 6.92 Å². The third kappa shape index (κ3) is 2.00. The third-order valence-corrected chi connectivity index (χ3v) is 2.72. The minimum atomic E-state index is -0.871. The molecule has 1 fully saturated rings. The summed E-state index contributed by atoms with van der Waals surface area (Å²) in [5.74, 6) is 0.699. The van der Waals surface area contributed by atoms with E-state index in [9.17, 15) is 9.18 Å². The summed E-state index contributed by atoms with van der Waals surface area (Å²) < 4.78 is 17.5. The molecule has 88 valence electrons. The van der Waals surface area contributed by atoms with Crippen LogP contribution in [0.1, 0.15) is 17.0 Å². The van der Waals surface area contributed by atoms with Crippen LogP contribution in [0.15, 0.2) is 4.52 Å². The molecule has 0 bridgehead atoms. The van der Waals surface area contributed by atoms with Gasteiger partial charge < -0.3 is 14.7 Å². The molecule has 1 aromatic rings. The van der Waals surface area contributed by atoms with Crippen molar-refractivity contribution in [3.05, 3.63) is 17.0 Å². The van der Waals surface area contributed by atoms with Gasteiger partial charge in [0.2, 0.25) is 0 Å². The van der Waals surface area contributed by atoms with E-state index in [2.05, 4.69) is 10.5 Å². The summed E-state index contributed by atoms with van der Waals surface area (Å²) in [6.07, 6.45) is -0.871. The van der Waals surface area contributed by atoms with E-state index >= 15 is 0 Å². The number of aromatic nitrogens is 1. The Hall–Kier alpha value is -1.59. The second-order valence-corrected chi connectivity index (χ2v) is 3.96. The van der Waals surface area contributed by atoms with Gasteiger partial charge in [-0.15, -0.1) is 0 Å². The van der Waals surface area contributed by atoms with Gasteiger partial charge in [-0.3, -0.25) is 0 Å². The van der Waals surface area contributed by atoms with Crippen LogP contribution in [0.5, 0.6) is 0 Å². The zero-order chi connectivity index (χ0) is 11.7. The molecule has 16 heavy (non-hydrogen) atoms. The average Bonchev–Trinajstić information content (AvgIpc) is 2.51. The van der Waals surface area contributed by atoms with Gasteiger partial charge in [0.05, 0.1) is 18.8 Å². The Morgan fingerprint density at radius 2 is 2.31 bits per heavy atom. The highest BCUT2D eigenvalue weighted by Gasteiger charge is 2.30. The van der Waals surface area contributed by atoms with Crippen molar-refractivity contribution in [2.75, 3.05) is 13.1 Å². The van der Waals surface area contributed by atoms with Crippen LogP contribution in [0.25, 0.3) is 0 Å². The SMILES string of the molecule is Cc1noc(C)c1CNC(=O)N1CC(F)C1. The molecule has 0 atom stereocenters. The Morgan fingerprint density at radius 3 is 2.81 bits per heavy atom. The first kappa shape index (κ1) is 10.9. The highest BCUT2D eigenvalue weighted by molar-refractivity contribution is 5.75. The van der Waals surface area contributed by atoms with E-state index in [1.54, 1.807) is 6.92 Å². The van der Waals surface area contributed by atoms with E-state index in [0.29, 0.717) is 12.3 Å². The summed E-state index contributed by atoms with van der Waals surface area (Å²) in [5.41, 5.74) is 1.65. The molecule has 1 aliphatic heterocycles. The molecule has 0 radical (unpaired) electrons. The van der Waals surface area contributed by atoms with Crippen molar-refractivity contribution >= 4 is 6.03 Å². The molecule has 0 aromatic carbocycles. The van der Waals surface area contributed by atoms with Crippen LogP contribution in [0.4, 0.5) is 9.18 Å². The molecule has 0 aliphatic carbocycles. The van der Waals surface area contributed by atoms with Crippen LogP contribution < -0.4 is 5.32 Å². The van der Waals surface area contributed by atoms with Gasteiger partial charge in [0.25, 0.3) is 0 Å². The molecule has 6 heteroatoms. The van der Waals surface area contributed by atoms with Crippen molar-refractivity contribution in [2.45, 2.75) is 26.6 Å². The molecule has 1 aromatic heterocycles. The topological polar surface area (TPSA) is 58.4 Å². The Bertz CT molecular complexity index is 379. The molecular formula is C10H14FN3O2. The van der Waals surface area contributed by atoms with Crippen molar-refractivity contribution < 1.29 is 13.7 Å². The molecule has 1 saturated heterocycles. The highest BCUT2D eigenvalue weighted by atomic mass is 19.1. The number of aryl methyl sites for hydroxylation is 2. The minimum Gasteiger partial charge on any atom is -0.361 e. The maximum absolute atomic E-state index is 12.5. The van der Waals surface area contributed by atoms with Crippen LogP contribution in [0, 0.1) is 13.8 Å². The molecule has 0 unspecified atom stereocenters. The number of nitrogens with zero attached hydrogens (tertiary/aromatic N) is 2. The largest absolute Gasteiger partial charge is 0.361 e. The lowest BCUT2D eigenvalue weighted by Gasteiger charge is -2.34. The molecule has 2 amide bonds. The molecule has 1 N–H and O–H groups in total. The zero-order valence-electron chi connectivity index (χ0n) is 9.29. The van der Waals surface area contributed by atoms with Crippen molar-refractivity contribution in [3.8, 4) is 0 Å². The van der Waals surface area contributed by atoms with Crippen molar-refractivity contribution in [3.63, 3.8) is 0 Å². The van der Waals surface area contributed by atoms with Crippen LogP contribution >= 0.6 is 0 Å². The molecule has 1 aliphatic rings. The van der Waals surface area contributed by atoms with Gasteiger partial charge in [-0.2, -0.15) is 0 Å². The number of amides is 2. The van der Waals surface area contributed by atoms with E-state index < -0.39 is 6.17 Å². The summed E-state index contributed by atoms with van der Waals surface area (Å²) in [6, 6.07) is -0.242. The summed E-state index contributed by atoms with van der Waals surface area (Å²) in [6.45, 7) is 4.36. The van der Waals surface area contributed by atoms with Gasteiger partial charge in [-0.05, 0) is 13.8 Å². The van der Waals surface area contributed by atoms with Gasteiger partial charge in [0.15, 0.2) is 0 Å². The minimum absolute atomic E-state index is 0.188. The third-order valence-electron chi connectivity index (χ3n) is 2.72. The Morgan fingerprint density at radius 1 is 1.62 bits per heavy atom. The Kier molecular flexibility index (Phi) is 2.80. The number of urea groups is 1. The summed E-state index contributed by atoms with van der Waals surface area (Å²) in [4.78, 5) is 12.9. The highest BCUT2D eigenvalue weighted by Crippen LogP contribution is 2.13. The van der Waals surface area contributed by atoms with Gasteiger partial charge in [-0.25, -0.2) is 9.18 Å². The van der Waals surface area contributed by atoms with Crippen LogP contribution in [0.2, 0.25) is 0 Å². The molecule has 2 heterocycles. The first-order valence-corrected chi connectivity index (χ1v) is 5.16. The number of carbonyl (C=O) groups is 1. The molecular weight excluding hydrogens is 213 g/mol. The predicted octanol–water partition coefficient (Wildman–Crippen LogP) is 1.15. The maximum atomic E-state index is 12.5. The summed E-state index contributed by atoms with van der Waals surface area (Å²) >= 11 is 0. The van der Waals surface area contributed by atoms with Crippen molar-refractivity contribution in [1.82, 2.24) is 15.4 Å². The van der Waals surface area contributed by atoms with Crippen LogP contribution in [0.3, 0.4) is 0 Å². The molecule has 0 spiro atoms. The number of rotatable bonds is 2. The number of halogens is 1. The fraction of sp³-hybridized carbons (Fsp3) is 0.600. The van der Waals surface area contributed by atoms with Gasteiger partial charge in [0.1, 0.15) is 11.9 Å². The maximum Gasteiger partial charge on any atom is 0.317 e. The monoisotopic (exact) mass is 227 g/mol. The van der Waals surface area contributed by atoms with Crippen molar-refractivity contribution in [2.24, 2.45) is 0 Å². The second kappa shape index (κ2) is 4.11. The lowest BCUT2D eigenvalue weighted by molar-refractivity contribution is 0.0896. The number of carbonyl (C=O) groups excluding carboxylic acids is 1. The first-order valence-electron chi connectivity index (χ1n) is 5.16. The van der Waals surface area contributed by atoms with Gasteiger partial charge in [0, 0.05) is 12.1 Å². The Labute approximate surface area is 92.6 Å². The molecule has 5 nitrogen and oxygen atoms in total. The first-order chi connectivity index (χ1) is 7.58. The number of nitrogens with one attached hydrogen (secondary N) is 1. The zero-order valence-corrected chi connectivity index (χ0v) is 9.29. The molecule has 2 rings (SSSR count). The normalized spacial score (nSPS) is 16.1. The number of hydrogen-bond donors (Lipinski definition) is 1. The van der Waals surface area contributed by atoms with E-state index in [4.69, 9.17) is 4.52 Å². The quantitative estimate of drug-likeness (QED) is 0.824. The van der Waals surface area contributed by atoms with Crippen molar-refractivity contribution in [1.29, 1.82) is 0 Å². The fourth-order valence-corrected chi connectivity index (χ4v) is 1.62. The number of alkyl halides is 1. The van der Waals surface area contributed by atoms with Crippen LogP contribution in [-0.4, -0.2) is 35.3 Å². The van der Waals surface area contributed by atoms with E-state index in [0.717, 1.165) is 11.3 Å². The van der Waals surface area contributed by atoms with Crippen LogP contribution in [-0.2, 0) is 6.54 Å². The van der Waals surface area contributed by atoms with Gasteiger partial charge >= 0.3 is 6.03 Å². The smallest absolute Gasteiger partial charge is 0.317 e. The lowest BCUT2D eigenvalue weighted by atomic mass is 10.2. The second-order valence-electron chi connectivity index (χ2n) is 3.96. The average molecular weight is 227 g/mol. The lowest BCUT2D eigenvalue weighted by Crippen LogP contribution is -2.54.